The van der Waals surface area contributed by atoms with Crippen molar-refractivity contribution in [1.82, 2.24) is 24.6 Å². The van der Waals surface area contributed by atoms with Crippen LogP contribution in [0, 0.1) is 13.8 Å². The second-order valence-electron chi connectivity index (χ2n) is 6.91. The summed E-state index contributed by atoms with van der Waals surface area (Å²) < 4.78 is 3.87. The van der Waals surface area contributed by atoms with E-state index in [0.29, 0.717) is 6.54 Å². The first kappa shape index (κ1) is 18.7. The lowest BCUT2D eigenvalue weighted by Crippen LogP contribution is -2.35. The van der Waals surface area contributed by atoms with Crippen molar-refractivity contribution in [3.05, 3.63) is 66.0 Å². The van der Waals surface area contributed by atoms with Gasteiger partial charge in [0.25, 0.3) is 0 Å². The van der Waals surface area contributed by atoms with E-state index in [4.69, 9.17) is 0 Å². The lowest BCUT2D eigenvalue weighted by Gasteiger charge is -2.20. The highest BCUT2D eigenvalue weighted by Gasteiger charge is 2.19. The quantitative estimate of drug-likeness (QED) is 0.696. The molecular formula is C20H26N6O. The molecule has 0 unspecified atom stereocenters. The highest BCUT2D eigenvalue weighted by molar-refractivity contribution is 5.90. The number of aromatic nitrogens is 4. The minimum absolute atomic E-state index is 0.179. The van der Waals surface area contributed by atoms with Crippen LogP contribution in [0.1, 0.15) is 42.9 Å². The molecule has 0 saturated heterocycles. The van der Waals surface area contributed by atoms with E-state index in [0.717, 1.165) is 22.6 Å². The number of rotatable bonds is 6. The zero-order valence-electron chi connectivity index (χ0n) is 16.2. The van der Waals surface area contributed by atoms with Crippen LogP contribution in [0.25, 0.3) is 0 Å². The lowest BCUT2D eigenvalue weighted by molar-refractivity contribution is 0.247. The van der Waals surface area contributed by atoms with Crippen molar-refractivity contribution < 1.29 is 4.79 Å². The summed E-state index contributed by atoms with van der Waals surface area (Å²) >= 11 is 0. The zero-order chi connectivity index (χ0) is 19.4. The van der Waals surface area contributed by atoms with Crippen molar-refractivity contribution in [3.63, 3.8) is 0 Å². The zero-order valence-corrected chi connectivity index (χ0v) is 16.2. The van der Waals surface area contributed by atoms with Gasteiger partial charge in [-0.2, -0.15) is 5.10 Å². The Hall–Kier alpha value is -3.09. The van der Waals surface area contributed by atoms with Gasteiger partial charge < -0.3 is 15.2 Å². The van der Waals surface area contributed by atoms with E-state index in [1.54, 1.807) is 12.5 Å². The molecule has 3 rings (SSSR count). The van der Waals surface area contributed by atoms with E-state index in [9.17, 15) is 4.79 Å². The minimum atomic E-state index is -0.251. The molecule has 2 amide bonds. The van der Waals surface area contributed by atoms with Gasteiger partial charge in [0.2, 0.25) is 0 Å². The molecule has 3 aromatic rings. The summed E-state index contributed by atoms with van der Waals surface area (Å²) in [6.07, 6.45) is 5.36. The van der Waals surface area contributed by atoms with Crippen molar-refractivity contribution in [2.75, 3.05) is 5.32 Å². The number of hydrogen-bond donors (Lipinski definition) is 2. The van der Waals surface area contributed by atoms with Gasteiger partial charge in [0.05, 0.1) is 29.4 Å². The van der Waals surface area contributed by atoms with Gasteiger partial charge in [-0.15, -0.1) is 0 Å². The summed E-state index contributed by atoms with van der Waals surface area (Å²) in [6.45, 7) is 8.61. The molecule has 1 atom stereocenters. The van der Waals surface area contributed by atoms with Crippen LogP contribution in [0.5, 0.6) is 0 Å². The molecule has 0 aliphatic carbocycles. The van der Waals surface area contributed by atoms with Crippen LogP contribution < -0.4 is 10.6 Å². The Morgan fingerprint density at radius 1 is 1.19 bits per heavy atom. The van der Waals surface area contributed by atoms with Crippen molar-refractivity contribution >= 4 is 11.7 Å². The molecule has 27 heavy (non-hydrogen) atoms. The maximum absolute atomic E-state index is 12.7. The first-order chi connectivity index (χ1) is 13.0. The predicted molar refractivity (Wildman–Crippen MR) is 106 cm³/mol. The Kier molecular flexibility index (Phi) is 5.59. The van der Waals surface area contributed by atoms with Crippen LogP contribution in [0.3, 0.4) is 0 Å². The number of amides is 2. The molecule has 7 heteroatoms. The monoisotopic (exact) mass is 366 g/mol. The second-order valence-corrected chi connectivity index (χ2v) is 6.91. The molecule has 1 aromatic carbocycles. The molecule has 142 valence electrons. The molecule has 0 bridgehead atoms. The average molecular weight is 366 g/mol. The van der Waals surface area contributed by atoms with Crippen LogP contribution >= 0.6 is 0 Å². The number of anilines is 1. The fraction of sp³-hybridized carbons (Fsp3) is 0.350. The van der Waals surface area contributed by atoms with Crippen LogP contribution in [0.2, 0.25) is 0 Å². The van der Waals surface area contributed by atoms with Gasteiger partial charge in [-0.25, -0.2) is 9.78 Å². The first-order valence-corrected chi connectivity index (χ1v) is 9.09. The normalized spacial score (nSPS) is 12.2. The maximum atomic E-state index is 12.7. The number of hydrogen-bond acceptors (Lipinski definition) is 3. The molecule has 0 radical (unpaired) electrons. The number of carbonyl (C=O) groups is 1. The largest absolute Gasteiger partial charge is 0.335 e. The van der Waals surface area contributed by atoms with Crippen LogP contribution in [-0.2, 0) is 6.54 Å². The number of nitrogens with one attached hydrogen (secondary N) is 2. The third-order valence-corrected chi connectivity index (χ3v) is 4.51. The van der Waals surface area contributed by atoms with E-state index < -0.39 is 0 Å². The summed E-state index contributed by atoms with van der Waals surface area (Å²) in [5, 5.41) is 10.6. The SMILES string of the molecule is Cc1nn(C(C)C)c(C)c1NC(=O)N[C@@H](Cn1ccnc1)c1ccccc1. The van der Waals surface area contributed by atoms with Gasteiger partial charge >= 0.3 is 6.03 Å². The van der Waals surface area contributed by atoms with Crippen LogP contribution in [-0.4, -0.2) is 25.4 Å². The molecule has 0 saturated carbocycles. The predicted octanol–water partition coefficient (Wildman–Crippen LogP) is 3.84. The topological polar surface area (TPSA) is 76.8 Å². The Balaban J connectivity index is 1.77. The fourth-order valence-electron chi connectivity index (χ4n) is 3.18. The van der Waals surface area contributed by atoms with E-state index in [-0.39, 0.29) is 18.1 Å². The van der Waals surface area contributed by atoms with Crippen molar-refractivity contribution in [2.24, 2.45) is 0 Å². The molecule has 2 N–H and O–H groups in total. The highest BCUT2D eigenvalue weighted by atomic mass is 16.2. The molecule has 2 aromatic heterocycles. The smallest absolute Gasteiger partial charge is 0.319 e. The van der Waals surface area contributed by atoms with E-state index in [2.05, 4.69) is 34.6 Å². The first-order valence-electron chi connectivity index (χ1n) is 9.09. The third-order valence-electron chi connectivity index (χ3n) is 4.51. The molecule has 0 fully saturated rings. The number of aryl methyl sites for hydroxylation is 1. The Morgan fingerprint density at radius 2 is 1.93 bits per heavy atom. The Morgan fingerprint density at radius 3 is 2.52 bits per heavy atom. The number of carbonyl (C=O) groups excluding carboxylic acids is 1. The molecule has 0 spiro atoms. The van der Waals surface area contributed by atoms with Crippen LogP contribution in [0.4, 0.5) is 10.5 Å². The second kappa shape index (κ2) is 8.07. The molecule has 7 nitrogen and oxygen atoms in total. The standard InChI is InChI=1S/C20H26N6O/c1-14(2)26-16(4)19(15(3)24-26)23-20(27)22-18(12-25-11-10-21-13-25)17-8-6-5-7-9-17/h5-11,13-14,18H,12H2,1-4H3,(H2,22,23,27)/t18-/m0/s1. The summed E-state index contributed by atoms with van der Waals surface area (Å²) in [6, 6.07) is 9.73. The van der Waals surface area contributed by atoms with Gasteiger partial charge in [-0.05, 0) is 33.3 Å². The van der Waals surface area contributed by atoms with Crippen LogP contribution in [0.15, 0.2) is 49.1 Å². The average Bonchev–Trinajstić information content (AvgIpc) is 3.25. The lowest BCUT2D eigenvalue weighted by atomic mass is 10.1. The van der Waals surface area contributed by atoms with Gasteiger partial charge in [-0.3, -0.25) is 4.68 Å². The summed E-state index contributed by atoms with van der Waals surface area (Å²) in [5.41, 5.74) is 3.55. The summed E-state index contributed by atoms with van der Waals surface area (Å²) in [5.74, 6) is 0. The van der Waals surface area contributed by atoms with Crippen molar-refractivity contribution in [2.45, 2.75) is 46.3 Å². The number of nitrogens with zero attached hydrogens (tertiary/aromatic N) is 4. The van der Waals surface area contributed by atoms with Gasteiger partial charge in [0.1, 0.15) is 0 Å². The molecule has 0 aliphatic rings. The number of benzene rings is 1. The van der Waals surface area contributed by atoms with E-state index in [1.165, 1.54) is 0 Å². The minimum Gasteiger partial charge on any atom is -0.335 e. The van der Waals surface area contributed by atoms with Crippen molar-refractivity contribution in [1.29, 1.82) is 0 Å². The Bertz CT molecular complexity index is 883. The Labute approximate surface area is 159 Å². The molecule has 2 heterocycles. The van der Waals surface area contributed by atoms with Crippen molar-refractivity contribution in [3.8, 4) is 0 Å². The molecular weight excluding hydrogens is 340 g/mol. The fourth-order valence-corrected chi connectivity index (χ4v) is 3.18. The summed E-state index contributed by atoms with van der Waals surface area (Å²) in [4.78, 5) is 16.8. The molecule has 0 aliphatic heterocycles. The van der Waals surface area contributed by atoms with Gasteiger partial charge in [0, 0.05) is 25.0 Å². The number of urea groups is 1. The number of imidazole rings is 1. The maximum Gasteiger partial charge on any atom is 0.319 e. The van der Waals surface area contributed by atoms with Gasteiger partial charge in [-0.1, -0.05) is 30.3 Å². The van der Waals surface area contributed by atoms with Gasteiger partial charge in [0.15, 0.2) is 0 Å². The highest BCUT2D eigenvalue weighted by Crippen LogP contribution is 2.23. The summed E-state index contributed by atoms with van der Waals surface area (Å²) in [7, 11) is 0. The third kappa shape index (κ3) is 4.36. The van der Waals surface area contributed by atoms with E-state index >= 15 is 0 Å². The van der Waals surface area contributed by atoms with E-state index in [1.807, 2.05) is 59.6 Å².